The van der Waals surface area contributed by atoms with Crippen LogP contribution in [-0.4, -0.2) is 40.8 Å². The Bertz CT molecular complexity index is 1510. The van der Waals surface area contributed by atoms with Crippen LogP contribution in [0, 0.1) is 0 Å². The third-order valence-electron chi connectivity index (χ3n) is 5.93. The molecule has 0 fully saturated rings. The first-order valence-electron chi connectivity index (χ1n) is 12.1. The van der Waals surface area contributed by atoms with E-state index < -0.39 is 11.8 Å². The van der Waals surface area contributed by atoms with Crippen molar-refractivity contribution in [1.82, 2.24) is 10.2 Å². The summed E-state index contributed by atoms with van der Waals surface area (Å²) in [5.41, 5.74) is 1.85. The number of anilines is 1. The number of furan rings is 1. The Balaban J connectivity index is 1.19. The number of fused-ring (bicyclic) bond motifs is 1. The van der Waals surface area contributed by atoms with Gasteiger partial charge in [0.1, 0.15) is 11.5 Å². The Labute approximate surface area is 228 Å². The van der Waals surface area contributed by atoms with Gasteiger partial charge in [0.15, 0.2) is 0 Å². The van der Waals surface area contributed by atoms with Crippen molar-refractivity contribution in [3.8, 4) is 0 Å². The molecule has 194 valence electrons. The summed E-state index contributed by atoms with van der Waals surface area (Å²) in [7, 11) is 0. The van der Waals surface area contributed by atoms with Gasteiger partial charge in [-0.1, -0.05) is 30.3 Å². The Morgan fingerprint density at radius 2 is 1.49 bits per heavy atom. The molecule has 1 aromatic heterocycles. The SMILES string of the molecule is O=C(Nc1ccc(SCCN2C(=O)c3ccccc3C2=O)cc1)/C(=C/c1ccco1)NC(=O)c1ccccc1. The maximum absolute atomic E-state index is 13.1. The second-order valence-corrected chi connectivity index (χ2v) is 9.70. The van der Waals surface area contributed by atoms with Gasteiger partial charge >= 0.3 is 0 Å². The number of hydrogen-bond donors (Lipinski definition) is 2. The molecular weight excluding hydrogens is 514 g/mol. The monoisotopic (exact) mass is 537 g/mol. The molecule has 4 aromatic rings. The number of imide groups is 1. The van der Waals surface area contributed by atoms with E-state index in [1.807, 2.05) is 12.1 Å². The lowest BCUT2D eigenvalue weighted by Gasteiger charge is -2.13. The molecule has 0 saturated carbocycles. The van der Waals surface area contributed by atoms with E-state index in [-0.39, 0.29) is 24.1 Å². The molecule has 2 heterocycles. The summed E-state index contributed by atoms with van der Waals surface area (Å²) >= 11 is 1.49. The van der Waals surface area contributed by atoms with E-state index in [4.69, 9.17) is 4.42 Å². The lowest BCUT2D eigenvalue weighted by atomic mass is 10.1. The number of thioether (sulfide) groups is 1. The van der Waals surface area contributed by atoms with Crippen LogP contribution in [0.2, 0.25) is 0 Å². The van der Waals surface area contributed by atoms with E-state index in [1.54, 1.807) is 78.9 Å². The van der Waals surface area contributed by atoms with Crippen LogP contribution in [0.5, 0.6) is 0 Å². The molecule has 0 unspecified atom stereocenters. The number of nitrogens with one attached hydrogen (secondary N) is 2. The molecule has 0 atom stereocenters. The molecule has 4 amide bonds. The van der Waals surface area contributed by atoms with Gasteiger partial charge in [0, 0.05) is 34.5 Å². The lowest BCUT2D eigenvalue weighted by Crippen LogP contribution is -2.31. The molecule has 0 radical (unpaired) electrons. The molecule has 9 heteroatoms. The first-order chi connectivity index (χ1) is 19.0. The summed E-state index contributed by atoms with van der Waals surface area (Å²) in [4.78, 5) is 52.9. The zero-order chi connectivity index (χ0) is 27.2. The number of rotatable bonds is 9. The zero-order valence-corrected chi connectivity index (χ0v) is 21.4. The summed E-state index contributed by atoms with van der Waals surface area (Å²) in [6, 6.07) is 25.9. The van der Waals surface area contributed by atoms with Crippen molar-refractivity contribution in [2.45, 2.75) is 4.90 Å². The molecular formula is C30H23N3O5S. The van der Waals surface area contributed by atoms with Crippen LogP contribution >= 0.6 is 11.8 Å². The summed E-state index contributed by atoms with van der Waals surface area (Å²) in [6.07, 6.45) is 2.94. The fraction of sp³-hybridized carbons (Fsp3) is 0.0667. The molecule has 0 saturated heterocycles. The lowest BCUT2D eigenvalue weighted by molar-refractivity contribution is -0.113. The molecule has 3 aromatic carbocycles. The van der Waals surface area contributed by atoms with Crippen LogP contribution in [0.25, 0.3) is 6.08 Å². The van der Waals surface area contributed by atoms with Crippen LogP contribution in [0.3, 0.4) is 0 Å². The van der Waals surface area contributed by atoms with Gasteiger partial charge in [-0.15, -0.1) is 11.8 Å². The highest BCUT2D eigenvalue weighted by Crippen LogP contribution is 2.25. The van der Waals surface area contributed by atoms with Crippen LogP contribution in [0.15, 0.2) is 112 Å². The second kappa shape index (κ2) is 11.7. The smallest absolute Gasteiger partial charge is 0.272 e. The maximum atomic E-state index is 13.1. The molecule has 8 nitrogen and oxygen atoms in total. The highest BCUT2D eigenvalue weighted by molar-refractivity contribution is 7.99. The summed E-state index contributed by atoms with van der Waals surface area (Å²) in [6.45, 7) is 0.289. The van der Waals surface area contributed by atoms with Crippen molar-refractivity contribution < 1.29 is 23.6 Å². The first-order valence-corrected chi connectivity index (χ1v) is 13.1. The van der Waals surface area contributed by atoms with Crippen LogP contribution < -0.4 is 10.6 Å². The summed E-state index contributed by atoms with van der Waals surface area (Å²) in [5.74, 6) is -0.536. The predicted molar refractivity (Wildman–Crippen MR) is 148 cm³/mol. The first kappa shape index (κ1) is 25.7. The molecule has 0 bridgehead atoms. The predicted octanol–water partition coefficient (Wildman–Crippen LogP) is 5.08. The van der Waals surface area contributed by atoms with E-state index in [2.05, 4.69) is 10.6 Å². The fourth-order valence-electron chi connectivity index (χ4n) is 3.99. The topological polar surface area (TPSA) is 109 Å². The van der Waals surface area contributed by atoms with E-state index in [1.165, 1.54) is 29.0 Å². The second-order valence-electron chi connectivity index (χ2n) is 8.53. The third kappa shape index (κ3) is 6.00. The molecule has 0 spiro atoms. The summed E-state index contributed by atoms with van der Waals surface area (Å²) in [5, 5.41) is 5.45. The highest BCUT2D eigenvalue weighted by atomic mass is 32.2. The average molecular weight is 538 g/mol. The number of amides is 4. The van der Waals surface area contributed by atoms with Gasteiger partial charge in [0.2, 0.25) is 0 Å². The average Bonchev–Trinajstić information content (AvgIpc) is 3.56. The molecule has 39 heavy (non-hydrogen) atoms. The maximum Gasteiger partial charge on any atom is 0.272 e. The van der Waals surface area contributed by atoms with E-state index in [0.29, 0.717) is 33.9 Å². The van der Waals surface area contributed by atoms with Gasteiger partial charge in [-0.2, -0.15) is 0 Å². The van der Waals surface area contributed by atoms with E-state index in [9.17, 15) is 19.2 Å². The van der Waals surface area contributed by atoms with Crippen LogP contribution in [0.1, 0.15) is 36.8 Å². The molecule has 5 rings (SSSR count). The highest BCUT2D eigenvalue weighted by Gasteiger charge is 2.34. The molecule has 2 N–H and O–H groups in total. The van der Waals surface area contributed by atoms with Crippen LogP contribution in [0.4, 0.5) is 5.69 Å². The largest absolute Gasteiger partial charge is 0.465 e. The number of hydrogen-bond acceptors (Lipinski definition) is 6. The van der Waals surface area contributed by atoms with Crippen LogP contribution in [-0.2, 0) is 4.79 Å². The van der Waals surface area contributed by atoms with Crippen molar-refractivity contribution in [2.24, 2.45) is 0 Å². The van der Waals surface area contributed by atoms with Gasteiger partial charge in [0.25, 0.3) is 23.6 Å². The van der Waals surface area contributed by atoms with Gasteiger partial charge in [-0.3, -0.25) is 24.1 Å². The Morgan fingerprint density at radius 1 is 0.821 bits per heavy atom. The Kier molecular flexibility index (Phi) is 7.70. The normalized spacial score (nSPS) is 12.8. The Hall–Kier alpha value is -4.89. The number of benzene rings is 3. The number of carbonyl (C=O) groups is 4. The minimum Gasteiger partial charge on any atom is -0.465 e. The minimum atomic E-state index is -0.512. The van der Waals surface area contributed by atoms with Crippen molar-refractivity contribution in [3.05, 3.63) is 125 Å². The minimum absolute atomic E-state index is 0.0261. The van der Waals surface area contributed by atoms with Crippen molar-refractivity contribution in [2.75, 3.05) is 17.6 Å². The fourth-order valence-corrected chi connectivity index (χ4v) is 4.83. The van der Waals surface area contributed by atoms with E-state index >= 15 is 0 Å². The number of nitrogens with zero attached hydrogens (tertiary/aromatic N) is 1. The van der Waals surface area contributed by atoms with Gasteiger partial charge in [0.05, 0.1) is 17.4 Å². The standard InChI is InChI=1S/C30H23N3O5S/c34-27(20-7-2-1-3-8-20)32-26(19-22-9-6-17-38-22)28(35)31-21-12-14-23(15-13-21)39-18-16-33-29(36)24-10-4-5-11-25(24)30(33)37/h1-15,17,19H,16,18H2,(H,31,35)(H,32,34)/b26-19-. The quantitative estimate of drug-likeness (QED) is 0.175. The van der Waals surface area contributed by atoms with Crippen molar-refractivity contribution in [1.29, 1.82) is 0 Å². The van der Waals surface area contributed by atoms with Crippen molar-refractivity contribution in [3.63, 3.8) is 0 Å². The van der Waals surface area contributed by atoms with Gasteiger partial charge in [-0.25, -0.2) is 0 Å². The molecule has 0 aliphatic carbocycles. The number of carbonyl (C=O) groups excluding carboxylic acids is 4. The van der Waals surface area contributed by atoms with Crippen molar-refractivity contribution >= 4 is 47.2 Å². The third-order valence-corrected chi connectivity index (χ3v) is 6.92. The van der Waals surface area contributed by atoms with Gasteiger partial charge in [-0.05, 0) is 60.7 Å². The van der Waals surface area contributed by atoms with Gasteiger partial charge < -0.3 is 15.1 Å². The Morgan fingerprint density at radius 3 is 2.13 bits per heavy atom. The molecule has 1 aliphatic rings. The zero-order valence-electron chi connectivity index (χ0n) is 20.6. The molecule has 1 aliphatic heterocycles. The van der Waals surface area contributed by atoms with E-state index in [0.717, 1.165) is 4.90 Å². The summed E-state index contributed by atoms with van der Waals surface area (Å²) < 4.78 is 5.32.